The van der Waals surface area contributed by atoms with Crippen molar-refractivity contribution in [3.8, 4) is 0 Å². The third kappa shape index (κ3) is 54.3. The van der Waals surface area contributed by atoms with Crippen LogP contribution in [0, 0.1) is 0 Å². The Morgan fingerprint density at radius 1 is 0.309 bits per heavy atom. The first kappa shape index (κ1) is 65.4. The Morgan fingerprint density at radius 3 is 0.897 bits per heavy atom. The Balaban J connectivity index is 4.16. The average molecular weight is 954 g/mol. The molecule has 0 fully saturated rings. The van der Waals surface area contributed by atoms with E-state index in [1.54, 1.807) is 0 Å². The molecule has 0 aromatic rings. The van der Waals surface area contributed by atoms with Crippen molar-refractivity contribution in [3.63, 3.8) is 0 Å². The molecule has 6 heteroatoms. The molecule has 0 amide bonds. The molecule has 0 N–H and O–H groups in total. The van der Waals surface area contributed by atoms with E-state index in [0.29, 0.717) is 19.3 Å². The van der Waals surface area contributed by atoms with E-state index in [1.807, 2.05) is 0 Å². The van der Waals surface area contributed by atoms with Gasteiger partial charge in [-0.15, -0.1) is 0 Å². The van der Waals surface area contributed by atoms with Crippen LogP contribution in [0.4, 0.5) is 0 Å². The van der Waals surface area contributed by atoms with Crippen molar-refractivity contribution in [3.05, 3.63) is 48.6 Å². The van der Waals surface area contributed by atoms with Crippen LogP contribution < -0.4 is 0 Å². The summed E-state index contributed by atoms with van der Waals surface area (Å²) in [5.41, 5.74) is 0. The molecule has 0 bridgehead atoms. The van der Waals surface area contributed by atoms with Gasteiger partial charge < -0.3 is 14.2 Å². The second kappa shape index (κ2) is 57.0. The molecule has 0 spiro atoms. The summed E-state index contributed by atoms with van der Waals surface area (Å²) in [6.07, 6.45) is 69.9. The smallest absolute Gasteiger partial charge is 0.306 e. The first-order valence-corrected chi connectivity index (χ1v) is 29.6. The Morgan fingerprint density at radius 2 is 0.574 bits per heavy atom. The van der Waals surface area contributed by atoms with Crippen molar-refractivity contribution >= 4 is 17.9 Å². The van der Waals surface area contributed by atoms with Gasteiger partial charge in [-0.05, 0) is 57.8 Å². The van der Waals surface area contributed by atoms with Gasteiger partial charge in [0.15, 0.2) is 6.10 Å². The van der Waals surface area contributed by atoms with Gasteiger partial charge in [-0.1, -0.05) is 281 Å². The molecule has 0 aromatic carbocycles. The minimum Gasteiger partial charge on any atom is -0.462 e. The number of hydrogen-bond donors (Lipinski definition) is 0. The molecular formula is C62H112O6. The number of esters is 3. The van der Waals surface area contributed by atoms with Gasteiger partial charge in [0.1, 0.15) is 13.2 Å². The van der Waals surface area contributed by atoms with Gasteiger partial charge in [0.25, 0.3) is 0 Å². The Bertz CT molecular complexity index is 1190. The van der Waals surface area contributed by atoms with E-state index in [-0.39, 0.29) is 31.1 Å². The van der Waals surface area contributed by atoms with E-state index in [9.17, 15) is 14.4 Å². The maximum Gasteiger partial charge on any atom is 0.306 e. The van der Waals surface area contributed by atoms with Crippen molar-refractivity contribution in [2.24, 2.45) is 0 Å². The molecule has 396 valence electrons. The number of rotatable bonds is 54. The lowest BCUT2D eigenvalue weighted by Gasteiger charge is -2.18. The van der Waals surface area contributed by atoms with E-state index < -0.39 is 6.10 Å². The Hall–Kier alpha value is -2.63. The highest BCUT2D eigenvalue weighted by molar-refractivity contribution is 5.71. The summed E-state index contributed by atoms with van der Waals surface area (Å²) < 4.78 is 16.8. The quantitative estimate of drug-likeness (QED) is 0.0262. The maximum atomic E-state index is 12.8. The molecule has 0 aliphatic carbocycles. The zero-order chi connectivity index (χ0) is 49.3. The lowest BCUT2D eigenvalue weighted by Crippen LogP contribution is -2.30. The third-order valence-electron chi connectivity index (χ3n) is 13.1. The molecule has 0 saturated heterocycles. The van der Waals surface area contributed by atoms with Crippen LogP contribution >= 0.6 is 0 Å². The fourth-order valence-corrected chi connectivity index (χ4v) is 8.67. The molecule has 6 nitrogen and oxygen atoms in total. The number of hydrogen-bond acceptors (Lipinski definition) is 6. The van der Waals surface area contributed by atoms with Crippen molar-refractivity contribution in [2.75, 3.05) is 13.2 Å². The van der Waals surface area contributed by atoms with E-state index in [0.717, 1.165) is 96.3 Å². The van der Waals surface area contributed by atoms with Crippen LogP contribution in [0.2, 0.25) is 0 Å². The molecule has 0 aromatic heterocycles. The van der Waals surface area contributed by atoms with Crippen LogP contribution in [0.5, 0.6) is 0 Å². The van der Waals surface area contributed by atoms with Crippen molar-refractivity contribution in [1.82, 2.24) is 0 Å². The zero-order valence-electron chi connectivity index (χ0n) is 45.4. The Labute approximate surface area is 422 Å². The molecule has 0 aliphatic heterocycles. The summed E-state index contributed by atoms with van der Waals surface area (Å²) in [6, 6.07) is 0. The van der Waals surface area contributed by atoms with E-state index in [2.05, 4.69) is 69.4 Å². The highest BCUT2D eigenvalue weighted by Gasteiger charge is 2.19. The monoisotopic (exact) mass is 953 g/mol. The van der Waals surface area contributed by atoms with Crippen LogP contribution in [0.1, 0.15) is 310 Å². The van der Waals surface area contributed by atoms with Crippen LogP contribution in [-0.2, 0) is 28.6 Å². The predicted octanol–water partition coefficient (Wildman–Crippen LogP) is 19.8. The highest BCUT2D eigenvalue weighted by atomic mass is 16.6. The fourth-order valence-electron chi connectivity index (χ4n) is 8.67. The molecule has 1 unspecified atom stereocenters. The SMILES string of the molecule is CC/C=C\C/C=C\C/C=C\C/C=C\CCCCCCC(=O)OC(COC(=O)CCCCCCCCCC)COC(=O)CCCCCCCCCCCCCCCCCCCCCCCCCCC. The molecule has 0 rings (SSSR count). The number of unbranched alkanes of at least 4 members (excludes halogenated alkanes) is 35. The summed E-state index contributed by atoms with van der Waals surface area (Å²) in [5.74, 6) is -0.894. The van der Waals surface area contributed by atoms with Crippen LogP contribution in [-0.4, -0.2) is 37.2 Å². The number of carbonyl (C=O) groups is 3. The van der Waals surface area contributed by atoms with Gasteiger partial charge in [0, 0.05) is 19.3 Å². The number of ether oxygens (including phenoxy) is 3. The maximum absolute atomic E-state index is 12.8. The summed E-state index contributed by atoms with van der Waals surface area (Å²) in [6.45, 7) is 6.51. The molecule has 0 heterocycles. The average Bonchev–Trinajstić information content (AvgIpc) is 3.34. The van der Waals surface area contributed by atoms with Gasteiger partial charge in [0.05, 0.1) is 0 Å². The zero-order valence-corrected chi connectivity index (χ0v) is 45.4. The second-order valence-corrected chi connectivity index (χ2v) is 19.9. The minimum atomic E-state index is -0.781. The fraction of sp³-hybridized carbons (Fsp3) is 0.823. The summed E-state index contributed by atoms with van der Waals surface area (Å²) in [4.78, 5) is 38.0. The van der Waals surface area contributed by atoms with Gasteiger partial charge in [-0.25, -0.2) is 0 Å². The minimum absolute atomic E-state index is 0.0794. The van der Waals surface area contributed by atoms with E-state index in [1.165, 1.54) is 173 Å². The summed E-state index contributed by atoms with van der Waals surface area (Å²) in [7, 11) is 0. The van der Waals surface area contributed by atoms with E-state index >= 15 is 0 Å². The first-order valence-electron chi connectivity index (χ1n) is 29.6. The normalized spacial score (nSPS) is 12.3. The Kier molecular flexibility index (Phi) is 54.8. The lowest BCUT2D eigenvalue weighted by molar-refractivity contribution is -0.167. The predicted molar refractivity (Wildman–Crippen MR) is 293 cm³/mol. The van der Waals surface area contributed by atoms with Gasteiger partial charge in [0.2, 0.25) is 0 Å². The number of carbonyl (C=O) groups excluding carboxylic acids is 3. The summed E-state index contributed by atoms with van der Waals surface area (Å²) >= 11 is 0. The van der Waals surface area contributed by atoms with Crippen molar-refractivity contribution < 1.29 is 28.6 Å². The summed E-state index contributed by atoms with van der Waals surface area (Å²) in [5, 5.41) is 0. The van der Waals surface area contributed by atoms with Gasteiger partial charge in [-0.2, -0.15) is 0 Å². The van der Waals surface area contributed by atoms with Gasteiger partial charge >= 0.3 is 17.9 Å². The highest BCUT2D eigenvalue weighted by Crippen LogP contribution is 2.17. The standard InChI is InChI=1S/C62H112O6/c1-4-7-10-13-16-19-21-23-25-27-28-29-30-31-32-33-34-36-37-39-41-43-46-49-52-55-61(64)67-58-59(57-66-60(63)54-51-48-45-18-15-12-9-6-3)68-62(65)56-53-50-47-44-42-40-38-35-26-24-22-20-17-14-11-8-5-2/h8,11,17,20,24,26,38,40,59H,4-7,9-10,12-16,18-19,21-23,25,27-37,39,41-58H2,1-3H3/b11-8-,20-17-,26-24-,40-38-. The molecule has 0 radical (unpaired) electrons. The van der Waals surface area contributed by atoms with Crippen molar-refractivity contribution in [1.29, 1.82) is 0 Å². The number of allylic oxidation sites excluding steroid dienone is 8. The first-order chi connectivity index (χ1) is 33.5. The van der Waals surface area contributed by atoms with Crippen molar-refractivity contribution in [2.45, 2.75) is 316 Å². The lowest BCUT2D eigenvalue weighted by atomic mass is 10.0. The molecule has 0 aliphatic rings. The van der Waals surface area contributed by atoms with Crippen LogP contribution in [0.3, 0.4) is 0 Å². The largest absolute Gasteiger partial charge is 0.462 e. The second-order valence-electron chi connectivity index (χ2n) is 19.9. The van der Waals surface area contributed by atoms with Crippen LogP contribution in [0.25, 0.3) is 0 Å². The molecule has 0 saturated carbocycles. The van der Waals surface area contributed by atoms with E-state index in [4.69, 9.17) is 14.2 Å². The van der Waals surface area contributed by atoms with Crippen LogP contribution in [0.15, 0.2) is 48.6 Å². The topological polar surface area (TPSA) is 78.9 Å². The third-order valence-corrected chi connectivity index (χ3v) is 13.1. The molecule has 1 atom stereocenters. The molecule has 68 heavy (non-hydrogen) atoms. The van der Waals surface area contributed by atoms with Gasteiger partial charge in [-0.3, -0.25) is 14.4 Å². The molecular weight excluding hydrogens is 841 g/mol.